The molecule has 3 heteroatoms. The number of nitrogens with one attached hydrogen (secondary N) is 1. The predicted molar refractivity (Wildman–Crippen MR) is 60.6 cm³/mol. The van der Waals surface area contributed by atoms with E-state index in [1.54, 1.807) is 6.07 Å². The van der Waals surface area contributed by atoms with Gasteiger partial charge >= 0.3 is 0 Å². The first-order chi connectivity index (χ1) is 6.68. The number of rotatable bonds is 3. The van der Waals surface area contributed by atoms with Gasteiger partial charge in [-0.2, -0.15) is 0 Å². The van der Waals surface area contributed by atoms with Crippen molar-refractivity contribution in [3.63, 3.8) is 0 Å². The maximum absolute atomic E-state index is 9.79. The molecule has 2 nitrogen and oxygen atoms in total. The highest BCUT2D eigenvalue weighted by Crippen LogP contribution is 2.51. The van der Waals surface area contributed by atoms with Crippen molar-refractivity contribution >= 4 is 15.9 Å². The second-order valence-electron chi connectivity index (χ2n) is 3.97. The molecule has 1 aromatic carbocycles. The zero-order chi connectivity index (χ0) is 10.2. The van der Waals surface area contributed by atoms with Crippen LogP contribution in [0.3, 0.4) is 0 Å². The number of phenolic OH excluding ortho intramolecular Hbond substituents is 1. The van der Waals surface area contributed by atoms with E-state index in [0.29, 0.717) is 5.75 Å². The summed E-state index contributed by atoms with van der Waals surface area (Å²) in [6, 6.07) is 5.66. The van der Waals surface area contributed by atoms with Gasteiger partial charge < -0.3 is 10.4 Å². The monoisotopic (exact) mass is 255 g/mol. The standard InChI is InChI=1S/C11H14BrNO/c1-13-7-11(4-5-11)9-6-8(12)2-3-10(9)14/h2-3,6,13-14H,4-5,7H2,1H3. The second-order valence-corrected chi connectivity index (χ2v) is 4.89. The summed E-state index contributed by atoms with van der Waals surface area (Å²) in [5, 5.41) is 13.0. The van der Waals surface area contributed by atoms with Gasteiger partial charge in [0.2, 0.25) is 0 Å². The normalized spacial score (nSPS) is 18.1. The molecule has 76 valence electrons. The van der Waals surface area contributed by atoms with Crippen LogP contribution in [0.15, 0.2) is 22.7 Å². The SMILES string of the molecule is CNCC1(c2cc(Br)ccc2O)CC1. The van der Waals surface area contributed by atoms with E-state index in [2.05, 4.69) is 21.2 Å². The molecule has 0 aromatic heterocycles. The largest absolute Gasteiger partial charge is 0.508 e. The Bertz CT molecular complexity index is 347. The molecule has 0 radical (unpaired) electrons. The molecule has 0 heterocycles. The summed E-state index contributed by atoms with van der Waals surface area (Å²) >= 11 is 3.44. The van der Waals surface area contributed by atoms with Crippen molar-refractivity contribution in [2.45, 2.75) is 18.3 Å². The molecular weight excluding hydrogens is 242 g/mol. The van der Waals surface area contributed by atoms with E-state index in [-0.39, 0.29) is 5.41 Å². The fourth-order valence-electron chi connectivity index (χ4n) is 1.96. The fourth-order valence-corrected chi connectivity index (χ4v) is 2.32. The van der Waals surface area contributed by atoms with Crippen molar-refractivity contribution in [3.05, 3.63) is 28.2 Å². The minimum absolute atomic E-state index is 0.183. The number of phenols is 1. The van der Waals surface area contributed by atoms with E-state index < -0.39 is 0 Å². The molecule has 0 atom stereocenters. The van der Waals surface area contributed by atoms with Crippen molar-refractivity contribution in [1.29, 1.82) is 0 Å². The predicted octanol–water partition coefficient (Wildman–Crippen LogP) is 2.41. The maximum atomic E-state index is 9.79. The van der Waals surface area contributed by atoms with Crippen LogP contribution in [0.2, 0.25) is 0 Å². The van der Waals surface area contributed by atoms with Crippen LogP contribution >= 0.6 is 15.9 Å². The molecule has 1 fully saturated rings. The number of hydrogen-bond donors (Lipinski definition) is 2. The van der Waals surface area contributed by atoms with Gasteiger partial charge in [0.1, 0.15) is 5.75 Å². The average molecular weight is 256 g/mol. The van der Waals surface area contributed by atoms with Crippen LogP contribution in [0, 0.1) is 0 Å². The Labute approximate surface area is 92.5 Å². The molecule has 0 spiro atoms. The first-order valence-corrected chi connectivity index (χ1v) is 5.61. The molecule has 2 rings (SSSR count). The average Bonchev–Trinajstić information content (AvgIpc) is 2.91. The van der Waals surface area contributed by atoms with E-state index in [1.165, 1.54) is 0 Å². The third-order valence-electron chi connectivity index (χ3n) is 2.90. The summed E-state index contributed by atoms with van der Waals surface area (Å²) in [7, 11) is 1.95. The summed E-state index contributed by atoms with van der Waals surface area (Å²) in [5.41, 5.74) is 1.25. The van der Waals surface area contributed by atoms with E-state index in [9.17, 15) is 5.11 Å². The minimum Gasteiger partial charge on any atom is -0.508 e. The second kappa shape index (κ2) is 3.55. The summed E-state index contributed by atoms with van der Waals surface area (Å²) in [4.78, 5) is 0. The van der Waals surface area contributed by atoms with Crippen molar-refractivity contribution in [2.24, 2.45) is 0 Å². The number of likely N-dealkylation sites (N-methyl/N-ethyl adjacent to an activating group) is 1. The van der Waals surface area contributed by atoms with Crippen LogP contribution in [0.5, 0.6) is 5.75 Å². The number of hydrogen-bond acceptors (Lipinski definition) is 2. The van der Waals surface area contributed by atoms with Gasteiger partial charge in [-0.3, -0.25) is 0 Å². The molecule has 1 saturated carbocycles. The molecule has 0 unspecified atom stereocenters. The summed E-state index contributed by atoms with van der Waals surface area (Å²) in [6.45, 7) is 0.941. The Kier molecular flexibility index (Phi) is 2.54. The van der Waals surface area contributed by atoms with Crippen LogP contribution < -0.4 is 5.32 Å². The Morgan fingerprint density at radius 1 is 1.50 bits per heavy atom. The number of aromatic hydroxyl groups is 1. The molecule has 0 bridgehead atoms. The Morgan fingerprint density at radius 2 is 2.21 bits per heavy atom. The molecule has 1 aliphatic rings. The van der Waals surface area contributed by atoms with Gasteiger partial charge in [0, 0.05) is 22.0 Å². The summed E-state index contributed by atoms with van der Waals surface area (Å²) < 4.78 is 1.03. The molecule has 14 heavy (non-hydrogen) atoms. The first-order valence-electron chi connectivity index (χ1n) is 4.81. The van der Waals surface area contributed by atoms with Crippen LogP contribution in [-0.4, -0.2) is 18.7 Å². The van der Waals surface area contributed by atoms with Crippen LogP contribution in [0.1, 0.15) is 18.4 Å². The number of benzene rings is 1. The van der Waals surface area contributed by atoms with E-state index in [1.807, 2.05) is 19.2 Å². The highest BCUT2D eigenvalue weighted by atomic mass is 79.9. The fraction of sp³-hybridized carbons (Fsp3) is 0.455. The summed E-state index contributed by atoms with van der Waals surface area (Å²) in [5.74, 6) is 0.418. The third-order valence-corrected chi connectivity index (χ3v) is 3.39. The van der Waals surface area contributed by atoms with E-state index in [0.717, 1.165) is 29.4 Å². The quantitative estimate of drug-likeness (QED) is 0.870. The van der Waals surface area contributed by atoms with Gasteiger partial charge in [-0.1, -0.05) is 15.9 Å². The van der Waals surface area contributed by atoms with Crippen molar-refractivity contribution in [2.75, 3.05) is 13.6 Å². The Balaban J connectivity index is 2.35. The van der Waals surface area contributed by atoms with Gasteiger partial charge in [-0.05, 0) is 38.1 Å². The lowest BCUT2D eigenvalue weighted by atomic mass is 9.95. The zero-order valence-corrected chi connectivity index (χ0v) is 9.76. The Hall–Kier alpha value is -0.540. The van der Waals surface area contributed by atoms with Gasteiger partial charge in [-0.25, -0.2) is 0 Å². The molecule has 0 saturated heterocycles. The first kappa shape index (κ1) is 9.99. The molecule has 0 aliphatic heterocycles. The minimum atomic E-state index is 0.183. The molecule has 1 aromatic rings. The summed E-state index contributed by atoms with van der Waals surface area (Å²) in [6.07, 6.45) is 2.33. The van der Waals surface area contributed by atoms with Crippen molar-refractivity contribution in [1.82, 2.24) is 5.32 Å². The van der Waals surface area contributed by atoms with E-state index in [4.69, 9.17) is 0 Å². The topological polar surface area (TPSA) is 32.3 Å². The van der Waals surface area contributed by atoms with Crippen molar-refractivity contribution in [3.8, 4) is 5.75 Å². The smallest absolute Gasteiger partial charge is 0.119 e. The Morgan fingerprint density at radius 3 is 2.79 bits per heavy atom. The molecular formula is C11H14BrNO. The molecule has 0 amide bonds. The van der Waals surface area contributed by atoms with Crippen LogP contribution in [-0.2, 0) is 5.41 Å². The number of halogens is 1. The molecule has 1 aliphatic carbocycles. The lowest BCUT2D eigenvalue weighted by Crippen LogP contribution is -2.23. The maximum Gasteiger partial charge on any atom is 0.119 e. The highest BCUT2D eigenvalue weighted by Gasteiger charge is 2.45. The lowest BCUT2D eigenvalue weighted by molar-refractivity contribution is 0.455. The lowest BCUT2D eigenvalue weighted by Gasteiger charge is -2.16. The van der Waals surface area contributed by atoms with Gasteiger partial charge in [0.15, 0.2) is 0 Å². The van der Waals surface area contributed by atoms with E-state index >= 15 is 0 Å². The van der Waals surface area contributed by atoms with Crippen molar-refractivity contribution < 1.29 is 5.11 Å². The van der Waals surface area contributed by atoms with Crippen LogP contribution in [0.4, 0.5) is 0 Å². The van der Waals surface area contributed by atoms with Gasteiger partial charge in [0.25, 0.3) is 0 Å². The third kappa shape index (κ3) is 1.66. The van der Waals surface area contributed by atoms with Gasteiger partial charge in [0.05, 0.1) is 0 Å². The van der Waals surface area contributed by atoms with Gasteiger partial charge in [-0.15, -0.1) is 0 Å². The zero-order valence-electron chi connectivity index (χ0n) is 8.18. The highest BCUT2D eigenvalue weighted by molar-refractivity contribution is 9.10. The molecule has 2 N–H and O–H groups in total. The van der Waals surface area contributed by atoms with Crippen LogP contribution in [0.25, 0.3) is 0 Å².